The van der Waals surface area contributed by atoms with Crippen LogP contribution in [-0.2, 0) is 10.2 Å². The van der Waals surface area contributed by atoms with Gasteiger partial charge in [-0.2, -0.15) is 0 Å². The Labute approximate surface area is 209 Å². The lowest BCUT2D eigenvalue weighted by molar-refractivity contribution is -0.113. The number of hydrogen-bond acceptors (Lipinski definition) is 2. The largest absolute Gasteiger partial charge is 0.294 e. The molecule has 0 N–H and O–H groups in total. The fourth-order valence-corrected chi connectivity index (χ4v) is 5.53. The summed E-state index contributed by atoms with van der Waals surface area (Å²) in [5.41, 5.74) is 3.75. The first-order valence-corrected chi connectivity index (χ1v) is 12.9. The van der Waals surface area contributed by atoms with E-state index in [0.29, 0.717) is 11.8 Å². The van der Waals surface area contributed by atoms with E-state index < -0.39 is 0 Å². The quantitative estimate of drug-likeness (QED) is 0.303. The first kappa shape index (κ1) is 27.0. The molecular formula is C28H36Cl2OS. The summed E-state index contributed by atoms with van der Waals surface area (Å²) in [5, 5.41) is 1.67. The van der Waals surface area contributed by atoms with Gasteiger partial charge in [-0.05, 0) is 85.5 Å². The molecule has 0 saturated carbocycles. The first-order chi connectivity index (χ1) is 14.9. The Morgan fingerprint density at radius 2 is 1.72 bits per heavy atom. The molecule has 0 radical (unpaired) electrons. The van der Waals surface area contributed by atoms with E-state index in [9.17, 15) is 4.79 Å². The Bertz CT molecular complexity index is 933. The molecule has 0 spiro atoms. The molecule has 1 nitrogen and oxygen atoms in total. The summed E-state index contributed by atoms with van der Waals surface area (Å²) in [7, 11) is 0. The maximum atomic E-state index is 12.3. The van der Waals surface area contributed by atoms with Gasteiger partial charge in [0, 0.05) is 10.1 Å². The lowest BCUT2D eigenvalue weighted by Crippen LogP contribution is -2.31. The molecule has 0 unspecified atom stereocenters. The maximum absolute atomic E-state index is 12.3. The molecule has 0 aliphatic heterocycles. The van der Waals surface area contributed by atoms with Crippen molar-refractivity contribution in [2.24, 2.45) is 11.8 Å². The van der Waals surface area contributed by atoms with Gasteiger partial charge >= 0.3 is 0 Å². The van der Waals surface area contributed by atoms with E-state index in [1.807, 2.05) is 18.2 Å². The van der Waals surface area contributed by atoms with Crippen molar-refractivity contribution >= 4 is 40.7 Å². The van der Waals surface area contributed by atoms with Crippen LogP contribution >= 0.6 is 35.0 Å². The molecule has 32 heavy (non-hydrogen) atoms. The third-order valence-electron chi connectivity index (χ3n) is 6.54. The monoisotopic (exact) mass is 490 g/mol. The van der Waals surface area contributed by atoms with Crippen molar-refractivity contribution in [2.45, 2.75) is 72.6 Å². The van der Waals surface area contributed by atoms with E-state index in [1.54, 1.807) is 18.7 Å². The number of ketones is 1. The highest BCUT2D eigenvalue weighted by molar-refractivity contribution is 8.07. The number of hydrogen-bond donors (Lipinski definition) is 0. The van der Waals surface area contributed by atoms with Crippen LogP contribution in [-0.4, -0.2) is 5.78 Å². The van der Waals surface area contributed by atoms with Gasteiger partial charge in [-0.1, -0.05) is 98.6 Å². The molecule has 0 fully saturated rings. The first-order valence-electron chi connectivity index (χ1n) is 11.3. The van der Waals surface area contributed by atoms with Crippen LogP contribution in [0.3, 0.4) is 0 Å². The van der Waals surface area contributed by atoms with Crippen LogP contribution in [0.2, 0.25) is 5.02 Å². The normalized spacial score (nSPS) is 16.3. The molecule has 2 rings (SSSR count). The van der Waals surface area contributed by atoms with Gasteiger partial charge in [-0.25, -0.2) is 0 Å². The predicted octanol–water partition coefficient (Wildman–Crippen LogP) is 9.62. The van der Waals surface area contributed by atoms with Gasteiger partial charge in [0.05, 0.1) is 4.91 Å². The van der Waals surface area contributed by atoms with Crippen molar-refractivity contribution in [3.8, 4) is 0 Å². The average Bonchev–Trinajstić information content (AvgIpc) is 2.72. The highest BCUT2D eigenvalue weighted by atomic mass is 35.5. The molecule has 1 atom stereocenters. The minimum Gasteiger partial charge on any atom is -0.294 e. The molecule has 0 bridgehead atoms. The second kappa shape index (κ2) is 11.8. The molecule has 4 heteroatoms. The second-order valence-electron chi connectivity index (χ2n) is 9.54. The molecule has 0 amide bonds. The molecule has 1 aliphatic carbocycles. The predicted molar refractivity (Wildman–Crippen MR) is 143 cm³/mol. The highest BCUT2D eigenvalue weighted by Gasteiger charge is 2.34. The van der Waals surface area contributed by atoms with Crippen molar-refractivity contribution in [3.63, 3.8) is 0 Å². The Hall–Kier alpha value is -1.22. The lowest BCUT2D eigenvalue weighted by atomic mass is 9.67. The van der Waals surface area contributed by atoms with E-state index in [1.165, 1.54) is 11.1 Å². The fraction of sp³-hybridized carbons (Fsp3) is 0.464. The van der Waals surface area contributed by atoms with E-state index in [-0.39, 0.29) is 11.2 Å². The van der Waals surface area contributed by atoms with Gasteiger partial charge in [-0.15, -0.1) is 0 Å². The Kier molecular flexibility index (Phi) is 9.94. The summed E-state index contributed by atoms with van der Waals surface area (Å²) < 4.78 is 0. The van der Waals surface area contributed by atoms with Crippen LogP contribution in [0.1, 0.15) is 72.8 Å². The minimum absolute atomic E-state index is 0.0773. The summed E-state index contributed by atoms with van der Waals surface area (Å²) in [6.45, 7) is 16.9. The van der Waals surface area contributed by atoms with E-state index in [2.05, 4.69) is 59.4 Å². The lowest BCUT2D eigenvalue weighted by Gasteiger charge is -2.38. The molecule has 0 heterocycles. The number of benzene rings is 1. The van der Waals surface area contributed by atoms with Crippen molar-refractivity contribution in [3.05, 3.63) is 79.6 Å². The van der Waals surface area contributed by atoms with E-state index >= 15 is 0 Å². The fourth-order valence-electron chi connectivity index (χ4n) is 4.20. The zero-order valence-corrected chi connectivity index (χ0v) is 22.6. The summed E-state index contributed by atoms with van der Waals surface area (Å²) in [5.74, 6) is 0.794. The van der Waals surface area contributed by atoms with Gasteiger partial charge < -0.3 is 0 Å². The summed E-state index contributed by atoms with van der Waals surface area (Å²) in [4.78, 5) is 14.1. The maximum Gasteiger partial charge on any atom is 0.166 e. The van der Waals surface area contributed by atoms with E-state index in [0.717, 1.165) is 51.1 Å². The topological polar surface area (TPSA) is 17.1 Å². The highest BCUT2D eigenvalue weighted by Crippen LogP contribution is 2.44. The van der Waals surface area contributed by atoms with Crippen LogP contribution in [0.4, 0.5) is 0 Å². The average molecular weight is 492 g/mol. The number of rotatable bonds is 10. The molecular weight excluding hydrogens is 455 g/mol. The number of carbonyl (C=O) groups excluding carboxylic acids is 1. The number of halogens is 2. The number of carbonyl (C=O) groups is 1. The minimum atomic E-state index is -0.0773. The smallest absolute Gasteiger partial charge is 0.166 e. The van der Waals surface area contributed by atoms with Crippen LogP contribution in [0.15, 0.2) is 69.0 Å². The van der Waals surface area contributed by atoms with Crippen molar-refractivity contribution < 1.29 is 4.79 Å². The van der Waals surface area contributed by atoms with Gasteiger partial charge in [0.25, 0.3) is 0 Å². The Morgan fingerprint density at radius 1 is 1.09 bits per heavy atom. The van der Waals surface area contributed by atoms with Crippen molar-refractivity contribution in [1.29, 1.82) is 0 Å². The molecule has 0 aromatic heterocycles. The van der Waals surface area contributed by atoms with Gasteiger partial charge in [0.1, 0.15) is 0 Å². The number of Topliss-reactive ketones (excluding diaryl/α,β-unsaturated/α-hetero) is 1. The second-order valence-corrected chi connectivity index (χ2v) is 11.7. The van der Waals surface area contributed by atoms with Gasteiger partial charge in [-0.3, -0.25) is 4.79 Å². The van der Waals surface area contributed by atoms with Crippen LogP contribution < -0.4 is 0 Å². The summed E-state index contributed by atoms with van der Waals surface area (Å²) in [6.07, 6.45) is 7.92. The zero-order chi connectivity index (χ0) is 24.1. The van der Waals surface area contributed by atoms with Crippen molar-refractivity contribution in [1.82, 2.24) is 0 Å². The van der Waals surface area contributed by atoms with Crippen LogP contribution in [0.25, 0.3) is 0 Å². The third kappa shape index (κ3) is 7.14. The molecule has 1 aromatic rings. The standard InChI is InChI=1S/C28H36Cl2OS/c1-18(2)20(4)27(21(5)31)32-19(3)8-17-26(22-9-13-24(29)14-10-22)28(6,7)23-11-15-25(30)16-12-23/h9,11-13,15-16,18,26H,3,8,10,14,17H2,1-2,4-7H3/b27-20+/t26-/m1/s1. The SMILES string of the molecule is C=C(CC[C@H](C1=CC=C(Cl)CC1)C(C)(C)c1ccc(Cl)cc1)S/C(C(C)=O)=C(\C)C(C)C. The molecule has 174 valence electrons. The number of allylic oxidation sites excluding steroid dienone is 7. The Morgan fingerprint density at radius 3 is 2.22 bits per heavy atom. The van der Waals surface area contributed by atoms with Crippen LogP contribution in [0.5, 0.6) is 0 Å². The zero-order valence-electron chi connectivity index (χ0n) is 20.2. The summed E-state index contributed by atoms with van der Waals surface area (Å²) in [6, 6.07) is 8.20. The summed E-state index contributed by atoms with van der Waals surface area (Å²) >= 11 is 14.0. The van der Waals surface area contributed by atoms with Crippen LogP contribution in [0, 0.1) is 11.8 Å². The molecule has 1 aromatic carbocycles. The third-order valence-corrected chi connectivity index (χ3v) is 8.41. The Balaban J connectivity index is 2.28. The number of thioether (sulfide) groups is 1. The van der Waals surface area contributed by atoms with E-state index in [4.69, 9.17) is 23.2 Å². The van der Waals surface area contributed by atoms with Crippen molar-refractivity contribution in [2.75, 3.05) is 0 Å². The van der Waals surface area contributed by atoms with Gasteiger partial charge in [0.15, 0.2) is 5.78 Å². The molecule has 1 aliphatic rings. The molecule has 0 saturated heterocycles. The van der Waals surface area contributed by atoms with Gasteiger partial charge in [0.2, 0.25) is 0 Å².